The van der Waals surface area contributed by atoms with Crippen molar-refractivity contribution < 1.29 is 38.5 Å². The lowest BCUT2D eigenvalue weighted by Gasteiger charge is -2.24. The fourth-order valence-electron chi connectivity index (χ4n) is 7.06. The number of unbranched alkanes of at least 4 members (excludes halogenated alkanes) is 1. The van der Waals surface area contributed by atoms with Gasteiger partial charge in [-0.3, -0.25) is 14.4 Å². The number of nitrogens with one attached hydrogen (secondary N) is 3. The zero-order valence-electron chi connectivity index (χ0n) is 34.3. The van der Waals surface area contributed by atoms with Crippen LogP contribution in [0.15, 0.2) is 127 Å². The van der Waals surface area contributed by atoms with E-state index in [0.717, 1.165) is 40.8 Å². The van der Waals surface area contributed by atoms with E-state index >= 15 is 0 Å². The van der Waals surface area contributed by atoms with Gasteiger partial charge < -0.3 is 35.3 Å². The summed E-state index contributed by atoms with van der Waals surface area (Å²) >= 11 is 0. The summed E-state index contributed by atoms with van der Waals surface area (Å²) in [5, 5.41) is 19.0. The molecule has 0 aromatic heterocycles. The Morgan fingerprint density at radius 3 is 2.13 bits per heavy atom. The van der Waals surface area contributed by atoms with E-state index in [1.54, 1.807) is 0 Å². The van der Waals surface area contributed by atoms with Crippen molar-refractivity contribution in [1.29, 1.82) is 0 Å². The summed E-state index contributed by atoms with van der Waals surface area (Å²) in [5.41, 5.74) is 3.94. The zero-order chi connectivity index (χ0) is 42.2. The van der Waals surface area contributed by atoms with Crippen LogP contribution in [-0.4, -0.2) is 60.8 Å². The van der Waals surface area contributed by atoms with Crippen LogP contribution in [0.3, 0.4) is 0 Å². The predicted octanol–water partition coefficient (Wildman–Crippen LogP) is 7.41. The molecule has 0 aliphatic carbocycles. The molecule has 5 rings (SSSR count). The SMILES string of the molecule is O=C(C[C@H]1CC=CCCC[C@H](Cc2ccccc2)C(=O)OC[C@H](CCCCNC(=O)OCc2ccccc2)NC1=O)N[C@H](CO)Cc1ccc(OCc2ccccc2)cc1. The minimum Gasteiger partial charge on any atom is -0.489 e. The Morgan fingerprint density at radius 1 is 0.783 bits per heavy atom. The first kappa shape index (κ1) is 45.1. The molecule has 0 unspecified atom stereocenters. The second kappa shape index (κ2) is 25.5. The monoisotopic (exact) mass is 817 g/mol. The standard InChI is InChI=1S/C49H59N3O8/c53-33-44(31-38-25-27-45(28-26-38)58-34-39-18-8-4-9-19-39)51-46(54)32-41-22-12-1-2-13-23-42(30-37-16-6-3-7-17-37)48(56)59-36-43(52-47(41)55)24-14-15-29-50-49(57)60-35-40-20-10-5-11-21-40/h1,3-12,16-21,25-28,41-44,53H,2,13-15,22-24,29-36H2,(H,50,57)(H,51,54)(H,52,55)/t41-,42-,43+,44+/m1/s1. The highest BCUT2D eigenvalue weighted by molar-refractivity contribution is 5.86. The molecule has 0 fully saturated rings. The quantitative estimate of drug-likeness (QED) is 0.0461. The molecule has 11 nitrogen and oxygen atoms in total. The lowest BCUT2D eigenvalue weighted by Crippen LogP contribution is -2.45. The number of alkyl carbamates (subject to hydrolysis) is 1. The molecular formula is C49H59N3O8. The largest absolute Gasteiger partial charge is 0.489 e. The minimum atomic E-state index is -0.685. The third kappa shape index (κ3) is 16.7. The van der Waals surface area contributed by atoms with Gasteiger partial charge in [0.2, 0.25) is 11.8 Å². The summed E-state index contributed by atoms with van der Waals surface area (Å²) in [6.45, 7) is 0.712. The Labute approximate surface area is 353 Å². The maximum Gasteiger partial charge on any atom is 0.407 e. The van der Waals surface area contributed by atoms with Gasteiger partial charge in [0.1, 0.15) is 25.6 Å². The summed E-state index contributed by atoms with van der Waals surface area (Å²) in [6.07, 6.45) is 8.52. The van der Waals surface area contributed by atoms with Gasteiger partial charge in [0, 0.05) is 13.0 Å². The number of hydrogen-bond acceptors (Lipinski definition) is 8. The first-order valence-corrected chi connectivity index (χ1v) is 21.1. The molecule has 4 atom stereocenters. The zero-order valence-corrected chi connectivity index (χ0v) is 34.3. The van der Waals surface area contributed by atoms with Crippen LogP contribution >= 0.6 is 0 Å². The molecule has 0 radical (unpaired) electrons. The van der Waals surface area contributed by atoms with Crippen molar-refractivity contribution in [3.8, 4) is 5.75 Å². The molecular weight excluding hydrogens is 759 g/mol. The topological polar surface area (TPSA) is 152 Å². The number of aliphatic hydroxyl groups is 1. The summed E-state index contributed by atoms with van der Waals surface area (Å²) < 4.78 is 17.1. The van der Waals surface area contributed by atoms with Gasteiger partial charge in [-0.05, 0) is 92.2 Å². The Morgan fingerprint density at radius 2 is 1.45 bits per heavy atom. The van der Waals surface area contributed by atoms with Crippen molar-refractivity contribution in [2.45, 2.75) is 89.5 Å². The summed E-state index contributed by atoms with van der Waals surface area (Å²) in [5.74, 6) is -1.26. The molecule has 4 aromatic rings. The number of carbonyl (C=O) groups is 4. The van der Waals surface area contributed by atoms with E-state index in [2.05, 4.69) is 16.0 Å². The van der Waals surface area contributed by atoms with E-state index in [1.165, 1.54) is 0 Å². The Kier molecular flexibility index (Phi) is 19.2. The second-order valence-electron chi connectivity index (χ2n) is 15.3. The van der Waals surface area contributed by atoms with Crippen molar-refractivity contribution in [1.82, 2.24) is 16.0 Å². The molecule has 0 spiro atoms. The molecule has 4 N–H and O–H groups in total. The Hall–Kier alpha value is -5.94. The third-order valence-electron chi connectivity index (χ3n) is 10.4. The average Bonchev–Trinajstić information content (AvgIpc) is 3.27. The lowest BCUT2D eigenvalue weighted by atomic mass is 9.93. The van der Waals surface area contributed by atoms with Crippen LogP contribution in [0.1, 0.15) is 73.6 Å². The predicted molar refractivity (Wildman–Crippen MR) is 231 cm³/mol. The lowest BCUT2D eigenvalue weighted by molar-refractivity contribution is -0.150. The van der Waals surface area contributed by atoms with E-state index in [-0.39, 0.29) is 49.9 Å². The van der Waals surface area contributed by atoms with Crippen molar-refractivity contribution in [2.75, 3.05) is 19.8 Å². The van der Waals surface area contributed by atoms with Crippen LogP contribution in [0.25, 0.3) is 0 Å². The molecule has 1 heterocycles. The number of carbonyl (C=O) groups excluding carboxylic acids is 4. The number of rotatable bonds is 18. The van der Waals surface area contributed by atoms with Gasteiger partial charge in [-0.1, -0.05) is 115 Å². The molecule has 60 heavy (non-hydrogen) atoms. The first-order valence-electron chi connectivity index (χ1n) is 21.1. The molecule has 3 amide bonds. The van der Waals surface area contributed by atoms with Crippen LogP contribution in [0.4, 0.5) is 4.79 Å². The number of cyclic esters (lactones) is 1. The van der Waals surface area contributed by atoms with Gasteiger partial charge in [-0.15, -0.1) is 0 Å². The van der Waals surface area contributed by atoms with Crippen LogP contribution in [0.2, 0.25) is 0 Å². The maximum absolute atomic E-state index is 13.9. The summed E-state index contributed by atoms with van der Waals surface area (Å²) in [7, 11) is 0. The van der Waals surface area contributed by atoms with Crippen LogP contribution in [0, 0.1) is 11.8 Å². The molecule has 1 aliphatic heterocycles. The highest BCUT2D eigenvalue weighted by atomic mass is 16.5. The highest BCUT2D eigenvalue weighted by Crippen LogP contribution is 2.21. The van der Waals surface area contributed by atoms with Gasteiger partial charge in [-0.2, -0.15) is 0 Å². The van der Waals surface area contributed by atoms with Crippen LogP contribution in [0.5, 0.6) is 5.75 Å². The minimum absolute atomic E-state index is 0.0141. The third-order valence-corrected chi connectivity index (χ3v) is 10.4. The maximum atomic E-state index is 13.9. The smallest absolute Gasteiger partial charge is 0.407 e. The summed E-state index contributed by atoms with van der Waals surface area (Å²) in [4.78, 5) is 53.1. The number of ether oxygens (including phenoxy) is 3. The van der Waals surface area contributed by atoms with E-state index in [1.807, 2.05) is 127 Å². The number of amides is 3. The Balaban J connectivity index is 1.16. The first-order chi connectivity index (χ1) is 29.3. The van der Waals surface area contributed by atoms with Gasteiger partial charge >= 0.3 is 12.1 Å². The second-order valence-corrected chi connectivity index (χ2v) is 15.3. The van der Waals surface area contributed by atoms with Crippen molar-refractivity contribution in [3.63, 3.8) is 0 Å². The number of aliphatic hydroxyl groups excluding tert-OH is 1. The number of benzene rings is 4. The number of allylic oxidation sites excluding steroid dienone is 2. The van der Waals surface area contributed by atoms with Gasteiger partial charge in [0.25, 0.3) is 0 Å². The normalized spacial score (nSPS) is 17.9. The van der Waals surface area contributed by atoms with E-state index < -0.39 is 24.1 Å². The number of esters is 1. The molecule has 1 aliphatic rings. The van der Waals surface area contributed by atoms with E-state index in [0.29, 0.717) is 58.1 Å². The van der Waals surface area contributed by atoms with E-state index in [4.69, 9.17) is 14.2 Å². The molecule has 4 aromatic carbocycles. The fourth-order valence-corrected chi connectivity index (χ4v) is 7.06. The Bertz CT molecular complexity index is 1910. The van der Waals surface area contributed by atoms with Crippen molar-refractivity contribution in [2.24, 2.45) is 11.8 Å². The number of hydrogen-bond donors (Lipinski definition) is 4. The molecule has 318 valence electrons. The molecule has 0 saturated heterocycles. The molecule has 0 saturated carbocycles. The van der Waals surface area contributed by atoms with Crippen LogP contribution < -0.4 is 20.7 Å². The fraction of sp³-hybridized carbons (Fsp3) is 0.388. The van der Waals surface area contributed by atoms with Gasteiger partial charge in [-0.25, -0.2) is 4.79 Å². The van der Waals surface area contributed by atoms with Gasteiger partial charge in [0.05, 0.1) is 30.5 Å². The summed E-state index contributed by atoms with van der Waals surface area (Å²) in [6, 6.07) is 35.7. The molecule has 0 bridgehead atoms. The van der Waals surface area contributed by atoms with Gasteiger partial charge in [0.15, 0.2) is 0 Å². The highest BCUT2D eigenvalue weighted by Gasteiger charge is 2.27. The van der Waals surface area contributed by atoms with Crippen LogP contribution in [-0.2, 0) is 49.9 Å². The molecule has 11 heteroatoms. The van der Waals surface area contributed by atoms with Crippen molar-refractivity contribution >= 4 is 23.9 Å². The van der Waals surface area contributed by atoms with Crippen molar-refractivity contribution in [3.05, 3.63) is 150 Å². The average molecular weight is 818 g/mol. The van der Waals surface area contributed by atoms with E-state index in [9.17, 15) is 24.3 Å².